The molecule has 0 bridgehead atoms. The number of aromatic nitrogens is 10. The second-order valence-corrected chi connectivity index (χ2v) is 43.9. The summed E-state index contributed by atoms with van der Waals surface area (Å²) in [5, 5.41) is 4.08. The maximum Gasteiger partial charge on any atom is 0.295 e. The number of para-hydroxylation sites is 4. The lowest BCUT2D eigenvalue weighted by Crippen LogP contribution is -2.36. The molecule has 6 heterocycles. The summed E-state index contributed by atoms with van der Waals surface area (Å²) in [5.74, 6) is 8.94. The van der Waals surface area contributed by atoms with Crippen LogP contribution in [0.1, 0.15) is 383 Å². The van der Waals surface area contributed by atoms with E-state index in [1.165, 1.54) is 179 Å². The summed E-state index contributed by atoms with van der Waals surface area (Å²) in [6.45, 7) is 79.0. The minimum atomic E-state index is -2.17. The Balaban J connectivity index is 0.000000153. The number of pyridine rings is 1. The monoisotopic (exact) mass is 1900 g/mol. The molecular formula is C132H169N10+5. The van der Waals surface area contributed by atoms with Crippen LogP contribution in [-0.4, -0.2) is 22.8 Å². The second kappa shape index (κ2) is 45.4. The molecule has 742 valence electrons. The number of nitrogens with zero attached hydrogens (tertiary/aromatic N) is 10. The van der Waals surface area contributed by atoms with Crippen molar-refractivity contribution >= 4 is 27.3 Å². The van der Waals surface area contributed by atoms with Crippen LogP contribution in [0, 0.1) is 62.2 Å². The lowest BCUT2D eigenvalue weighted by molar-refractivity contribution is -0.603. The first-order valence-electron chi connectivity index (χ1n) is 54.4. The van der Waals surface area contributed by atoms with Crippen molar-refractivity contribution < 1.29 is 26.8 Å². The zero-order valence-corrected chi connectivity index (χ0v) is 93.0. The fourth-order valence-electron chi connectivity index (χ4n) is 22.2. The number of hydrogen-bond donors (Lipinski definition) is 0. The molecule has 0 aliphatic carbocycles. The van der Waals surface area contributed by atoms with Crippen molar-refractivity contribution in [3.8, 4) is 78.9 Å². The van der Waals surface area contributed by atoms with E-state index in [2.05, 4.69) is 537 Å². The van der Waals surface area contributed by atoms with Crippen LogP contribution in [0.2, 0.25) is 0 Å². The minimum absolute atomic E-state index is 0.242. The van der Waals surface area contributed by atoms with Crippen molar-refractivity contribution in [3.05, 3.63) is 369 Å². The number of aryl methyl sites for hydroxylation is 5. The lowest BCUT2D eigenvalue weighted by atomic mass is 9.88. The summed E-state index contributed by atoms with van der Waals surface area (Å²) in [6, 6.07) is 86.9. The Morgan fingerprint density at radius 1 is 0.225 bits per heavy atom. The van der Waals surface area contributed by atoms with Gasteiger partial charge in [-0.15, -0.1) is 0 Å². The number of hydrogen-bond acceptors (Lipinski definition) is 0. The van der Waals surface area contributed by atoms with Crippen LogP contribution in [0.5, 0.6) is 0 Å². The fraction of sp³-hybridized carbons (Fsp3) is 0.386. The third-order valence-electron chi connectivity index (χ3n) is 28.9. The van der Waals surface area contributed by atoms with Gasteiger partial charge < -0.3 is 0 Å². The van der Waals surface area contributed by atoms with Crippen molar-refractivity contribution in [3.63, 3.8) is 0 Å². The summed E-state index contributed by atoms with van der Waals surface area (Å²) in [7, 11) is 0. The van der Waals surface area contributed by atoms with E-state index in [0.717, 1.165) is 22.8 Å². The third kappa shape index (κ3) is 21.7. The maximum atomic E-state index is 8.04. The highest BCUT2D eigenvalue weighted by Crippen LogP contribution is 2.43. The number of imidazole rings is 5. The first kappa shape index (κ1) is 102. The van der Waals surface area contributed by atoms with E-state index >= 15 is 0 Å². The van der Waals surface area contributed by atoms with Crippen molar-refractivity contribution in [2.75, 3.05) is 0 Å². The van der Waals surface area contributed by atoms with Crippen molar-refractivity contribution in [2.45, 2.75) is 340 Å². The van der Waals surface area contributed by atoms with Crippen LogP contribution in [0.4, 0.5) is 0 Å². The SMILES string of the molecule is Cc1c[n+]2c3ccccc3c3cccc(C(C)C)c3c2n1C(C)C.Cc1cccc(C)c1-[n+]1cc(-c2ccccc2C(C)C)n(C(C)C)c1C.Cc1n(C(C)C)c(-c2ccccc2C(C)C)c[n+]1-c1c(C(C)C)cc(-c2ccccc2)cc1C(C)C.Cc1n(C(C)C)c(-c2ccccc2C(C)C)c[n+]1-c1c(C(C)C)cccc1C(C)C.[2H]C([2H])([2H])c1cccc(C)c1-[n+]1cc(-c2ccccc2C(C)C)n(C(C)C)c1C. The zero-order chi connectivity index (χ0) is 106. The second-order valence-electron chi connectivity index (χ2n) is 43.9. The molecule has 10 heteroatoms. The molecule has 0 unspecified atom stereocenters. The average Bonchev–Trinajstić information content (AvgIpc) is 1.60. The summed E-state index contributed by atoms with van der Waals surface area (Å²) < 4.78 is 48.1. The molecule has 142 heavy (non-hydrogen) atoms. The smallest absolute Gasteiger partial charge is 0.225 e. The molecule has 0 N–H and O–H groups in total. The molecular weight excluding hydrogens is 1730 g/mol. The predicted octanol–water partition coefficient (Wildman–Crippen LogP) is 34.7. The Labute approximate surface area is 858 Å². The lowest BCUT2D eigenvalue weighted by Gasteiger charge is -2.20. The topological polar surface area (TPSA) is 44.3 Å². The molecule has 0 spiro atoms. The first-order valence-corrected chi connectivity index (χ1v) is 52.9. The Morgan fingerprint density at radius 3 is 0.831 bits per heavy atom. The summed E-state index contributed by atoms with van der Waals surface area (Å²) in [4.78, 5) is 0. The molecule has 0 saturated heterocycles. The van der Waals surface area contributed by atoms with Gasteiger partial charge >= 0.3 is 0 Å². The Hall–Kier alpha value is -12.5. The number of rotatable bonds is 23. The van der Waals surface area contributed by atoms with Gasteiger partial charge in [-0.3, -0.25) is 0 Å². The minimum Gasteiger partial charge on any atom is -0.225 e. The standard InChI is InChI=1S/C34H43N2.C28H39N2.2C24H31N2.C22H25N2/c1-22(2)29-17-13-14-18-30(29)33-21-35(26(9)36(33)25(7)8)34-31(23(3)4)19-28(20-32(34)24(5)6)27-15-11-10-12-16-27;1-18(2)23-13-10-11-14-26(23)27-17-29(22(9)30(27)21(7)8)28-24(19(3)4)15-12-16-25(28)20(5)6;2*1-16(2)21-13-8-9-14-22(21)23-15-25(20(7)26(23)17(3)4)24-18(5)11-10-12-19(24)6;1-14(2)17-10-8-11-19-18-9-6-7-12-20(18)23-13-16(5)24(15(3)4)22(23)21(17)19/h10-25H,1-9H3;10-21H,1-9H3;2*8-17H,1-7H3;6-15H,1-5H3/q5*+1/i;;5D3;;. The average molecular weight is 1900 g/mol. The molecule has 17 aromatic rings. The quantitative estimate of drug-likeness (QED) is 0.0453. The summed E-state index contributed by atoms with van der Waals surface area (Å²) in [5.41, 5.74) is 38.0. The zero-order valence-electron chi connectivity index (χ0n) is 96.0. The fourth-order valence-corrected chi connectivity index (χ4v) is 22.2. The number of benzene rings is 11. The normalized spacial score (nSPS) is 12.3. The van der Waals surface area contributed by atoms with Crippen LogP contribution in [-0.2, 0) is 0 Å². The van der Waals surface area contributed by atoms with Crippen LogP contribution >= 0.6 is 0 Å². The van der Waals surface area contributed by atoms with E-state index in [-0.39, 0.29) is 6.04 Å². The van der Waals surface area contributed by atoms with E-state index in [1.54, 1.807) is 6.07 Å². The van der Waals surface area contributed by atoms with E-state index in [1.807, 2.05) is 19.1 Å². The van der Waals surface area contributed by atoms with Gasteiger partial charge in [-0.25, -0.2) is 22.8 Å². The van der Waals surface area contributed by atoms with Gasteiger partial charge in [0.1, 0.15) is 64.9 Å². The molecule has 0 saturated carbocycles. The maximum absolute atomic E-state index is 8.04. The molecule has 0 amide bonds. The van der Waals surface area contributed by atoms with E-state index < -0.39 is 6.85 Å². The van der Waals surface area contributed by atoms with Gasteiger partial charge in [0.05, 0.1) is 35.6 Å². The van der Waals surface area contributed by atoms with Gasteiger partial charge in [-0.1, -0.05) is 343 Å². The highest BCUT2D eigenvalue weighted by Gasteiger charge is 2.37. The van der Waals surface area contributed by atoms with Crippen LogP contribution in [0.15, 0.2) is 268 Å². The van der Waals surface area contributed by atoms with Crippen LogP contribution in [0.25, 0.3) is 106 Å². The van der Waals surface area contributed by atoms with Crippen molar-refractivity contribution in [1.82, 2.24) is 22.8 Å². The molecule has 0 atom stereocenters. The Bertz CT molecular complexity index is 7340. The van der Waals surface area contributed by atoms with E-state index in [4.69, 9.17) is 4.11 Å². The van der Waals surface area contributed by atoms with Crippen LogP contribution in [0.3, 0.4) is 0 Å². The molecule has 0 radical (unpaired) electrons. The number of fused-ring (bicyclic) bond motifs is 6. The Morgan fingerprint density at radius 2 is 0.493 bits per heavy atom. The van der Waals surface area contributed by atoms with Gasteiger partial charge in [-0.05, 0) is 230 Å². The molecule has 17 rings (SSSR count). The molecule has 0 aliphatic heterocycles. The summed E-state index contributed by atoms with van der Waals surface area (Å²) in [6.07, 6.45) is 11.5. The predicted molar refractivity (Wildman–Crippen MR) is 605 cm³/mol. The van der Waals surface area contributed by atoms with E-state index in [0.29, 0.717) is 83.0 Å². The van der Waals surface area contributed by atoms with Gasteiger partial charge in [0, 0.05) is 94.0 Å². The van der Waals surface area contributed by atoms with Gasteiger partial charge in [0.15, 0.2) is 22.8 Å². The van der Waals surface area contributed by atoms with Crippen LogP contribution < -0.4 is 22.7 Å². The van der Waals surface area contributed by atoms with Crippen molar-refractivity contribution in [1.29, 1.82) is 0 Å². The van der Waals surface area contributed by atoms with Gasteiger partial charge in [-0.2, -0.15) is 22.7 Å². The third-order valence-corrected chi connectivity index (χ3v) is 28.9. The first-order chi connectivity index (χ1) is 68.6. The molecule has 11 aromatic carbocycles. The van der Waals surface area contributed by atoms with Crippen molar-refractivity contribution in [2.24, 2.45) is 0 Å². The van der Waals surface area contributed by atoms with Gasteiger partial charge in [0.2, 0.25) is 0 Å². The molecule has 0 fully saturated rings. The summed E-state index contributed by atoms with van der Waals surface area (Å²) >= 11 is 0. The van der Waals surface area contributed by atoms with Gasteiger partial charge in [0.25, 0.3) is 28.9 Å². The van der Waals surface area contributed by atoms with E-state index in [9.17, 15) is 0 Å². The highest BCUT2D eigenvalue weighted by molar-refractivity contribution is 6.10. The molecule has 6 aromatic heterocycles. The molecule has 0 aliphatic rings. The Kier molecular flexibility index (Phi) is 32.7. The molecule has 10 nitrogen and oxygen atoms in total. The largest absolute Gasteiger partial charge is 0.295 e. The highest BCUT2D eigenvalue weighted by atomic mass is 15.2.